The highest BCUT2D eigenvalue weighted by Crippen LogP contribution is 2.28. The topological polar surface area (TPSA) is 84.5 Å². The largest absolute Gasteiger partial charge is 0.480 e. The first kappa shape index (κ1) is 23.9. The SMILES string of the molecule is CC[C@H](Oc1ccccc1C)C(=O)Nc1ccc(S(=O)(=O)Nc2ccc(Cl)cc2Cl)cc1. The molecule has 0 unspecified atom stereocenters. The first-order chi connectivity index (χ1) is 15.2. The number of nitrogens with one attached hydrogen (secondary N) is 2. The third-order valence-electron chi connectivity index (χ3n) is 4.63. The highest BCUT2D eigenvalue weighted by Gasteiger charge is 2.20. The molecule has 1 amide bonds. The second-order valence-electron chi connectivity index (χ2n) is 7.02. The zero-order valence-electron chi connectivity index (χ0n) is 17.4. The van der Waals surface area contributed by atoms with Gasteiger partial charge in [-0.25, -0.2) is 8.42 Å². The molecule has 0 saturated carbocycles. The van der Waals surface area contributed by atoms with E-state index in [4.69, 9.17) is 27.9 Å². The van der Waals surface area contributed by atoms with E-state index in [0.717, 1.165) is 5.56 Å². The summed E-state index contributed by atoms with van der Waals surface area (Å²) in [6.07, 6.45) is -0.216. The Balaban J connectivity index is 1.69. The van der Waals surface area contributed by atoms with Gasteiger partial charge in [0.25, 0.3) is 15.9 Å². The van der Waals surface area contributed by atoms with Crippen molar-refractivity contribution in [3.63, 3.8) is 0 Å². The molecule has 6 nitrogen and oxygen atoms in total. The smallest absolute Gasteiger partial charge is 0.265 e. The zero-order chi connectivity index (χ0) is 23.3. The molecule has 0 fully saturated rings. The van der Waals surface area contributed by atoms with Crippen LogP contribution in [0.4, 0.5) is 11.4 Å². The van der Waals surface area contributed by atoms with Crippen LogP contribution in [0.1, 0.15) is 18.9 Å². The number of sulfonamides is 1. The highest BCUT2D eigenvalue weighted by molar-refractivity contribution is 7.92. The van der Waals surface area contributed by atoms with E-state index < -0.39 is 16.1 Å². The van der Waals surface area contributed by atoms with Crippen molar-refractivity contribution >= 4 is 50.5 Å². The Morgan fingerprint density at radius 3 is 2.34 bits per heavy atom. The fourth-order valence-corrected chi connectivity index (χ4v) is 4.47. The van der Waals surface area contributed by atoms with Crippen molar-refractivity contribution in [3.8, 4) is 5.75 Å². The third-order valence-corrected chi connectivity index (χ3v) is 6.56. The number of carbonyl (C=O) groups excluding carboxylic acids is 1. The summed E-state index contributed by atoms with van der Waals surface area (Å²) in [6.45, 7) is 3.76. The lowest BCUT2D eigenvalue weighted by atomic mass is 10.2. The van der Waals surface area contributed by atoms with Crippen LogP contribution in [0.25, 0.3) is 0 Å². The molecule has 0 spiro atoms. The average Bonchev–Trinajstić information content (AvgIpc) is 2.75. The van der Waals surface area contributed by atoms with Crippen LogP contribution in [0.2, 0.25) is 10.0 Å². The number of halogens is 2. The van der Waals surface area contributed by atoms with E-state index in [9.17, 15) is 13.2 Å². The van der Waals surface area contributed by atoms with Crippen LogP contribution in [0, 0.1) is 6.92 Å². The van der Waals surface area contributed by atoms with E-state index in [1.807, 2.05) is 38.1 Å². The molecule has 3 aromatic rings. The molecule has 0 saturated heterocycles. The normalized spacial score (nSPS) is 12.1. The van der Waals surface area contributed by atoms with Crippen molar-refractivity contribution in [1.82, 2.24) is 0 Å². The number of ether oxygens (including phenoxy) is 1. The highest BCUT2D eigenvalue weighted by atomic mass is 35.5. The molecule has 32 heavy (non-hydrogen) atoms. The van der Waals surface area contributed by atoms with Gasteiger partial charge in [0.15, 0.2) is 6.10 Å². The van der Waals surface area contributed by atoms with Crippen molar-refractivity contribution in [2.24, 2.45) is 0 Å². The van der Waals surface area contributed by atoms with Crippen LogP contribution in [-0.2, 0) is 14.8 Å². The average molecular weight is 493 g/mol. The summed E-state index contributed by atoms with van der Waals surface area (Å²) in [4.78, 5) is 12.7. The molecule has 0 aromatic heterocycles. The molecule has 2 N–H and O–H groups in total. The fourth-order valence-electron chi connectivity index (χ4n) is 2.88. The summed E-state index contributed by atoms with van der Waals surface area (Å²) >= 11 is 11.9. The fraction of sp³-hybridized carbons (Fsp3) is 0.174. The van der Waals surface area contributed by atoms with E-state index in [1.165, 1.54) is 42.5 Å². The van der Waals surface area contributed by atoms with E-state index in [-0.39, 0.29) is 21.5 Å². The van der Waals surface area contributed by atoms with Gasteiger partial charge < -0.3 is 10.1 Å². The number of aryl methyl sites for hydroxylation is 1. The number of hydrogen-bond acceptors (Lipinski definition) is 4. The number of benzene rings is 3. The molecule has 0 radical (unpaired) electrons. The predicted octanol–water partition coefficient (Wildman–Crippen LogP) is 5.90. The summed E-state index contributed by atoms with van der Waals surface area (Å²) in [7, 11) is -3.88. The molecule has 0 aliphatic rings. The molecule has 1 atom stereocenters. The first-order valence-corrected chi connectivity index (χ1v) is 12.0. The van der Waals surface area contributed by atoms with Gasteiger partial charge in [0.1, 0.15) is 5.75 Å². The van der Waals surface area contributed by atoms with Crippen molar-refractivity contribution < 1.29 is 17.9 Å². The van der Waals surface area contributed by atoms with Gasteiger partial charge in [0, 0.05) is 10.7 Å². The van der Waals surface area contributed by atoms with Crippen LogP contribution in [0.15, 0.2) is 71.6 Å². The maximum atomic E-state index is 12.7. The van der Waals surface area contributed by atoms with Crippen molar-refractivity contribution in [1.29, 1.82) is 0 Å². The summed E-state index contributed by atoms with van der Waals surface area (Å²) in [5.41, 5.74) is 1.60. The van der Waals surface area contributed by atoms with E-state index in [0.29, 0.717) is 22.9 Å². The molecule has 0 heterocycles. The lowest BCUT2D eigenvalue weighted by molar-refractivity contribution is -0.122. The maximum absolute atomic E-state index is 12.7. The number of hydrogen-bond donors (Lipinski definition) is 2. The predicted molar refractivity (Wildman–Crippen MR) is 128 cm³/mol. The Bertz CT molecular complexity index is 1210. The maximum Gasteiger partial charge on any atom is 0.265 e. The van der Waals surface area contributed by atoms with Crippen LogP contribution in [0.3, 0.4) is 0 Å². The minimum absolute atomic E-state index is 0.0183. The van der Waals surface area contributed by atoms with E-state index in [1.54, 1.807) is 0 Å². The van der Waals surface area contributed by atoms with Crippen LogP contribution < -0.4 is 14.8 Å². The molecular formula is C23H22Cl2N2O4S. The third kappa shape index (κ3) is 5.94. The van der Waals surface area contributed by atoms with Crippen LogP contribution >= 0.6 is 23.2 Å². The number of rotatable bonds is 8. The molecule has 3 aromatic carbocycles. The Morgan fingerprint density at radius 1 is 1.03 bits per heavy atom. The second-order valence-corrected chi connectivity index (χ2v) is 9.55. The first-order valence-electron chi connectivity index (χ1n) is 9.80. The van der Waals surface area contributed by atoms with E-state index in [2.05, 4.69) is 10.0 Å². The van der Waals surface area contributed by atoms with Gasteiger partial charge in [0.2, 0.25) is 0 Å². The van der Waals surface area contributed by atoms with Gasteiger partial charge in [-0.05, 0) is 67.4 Å². The van der Waals surface area contributed by atoms with Crippen LogP contribution in [-0.4, -0.2) is 20.4 Å². The molecular weight excluding hydrogens is 471 g/mol. The van der Waals surface area contributed by atoms with Crippen molar-refractivity contribution in [3.05, 3.63) is 82.3 Å². The monoisotopic (exact) mass is 492 g/mol. The number of carbonyl (C=O) groups is 1. The van der Waals surface area contributed by atoms with E-state index >= 15 is 0 Å². The van der Waals surface area contributed by atoms with Crippen molar-refractivity contribution in [2.45, 2.75) is 31.3 Å². The standard InChI is InChI=1S/C23H22Cl2N2O4S/c1-3-21(31-22-7-5-4-6-15(22)2)23(28)26-17-9-11-18(12-10-17)32(29,30)27-20-13-8-16(24)14-19(20)25/h4-14,21,27H,3H2,1-2H3,(H,26,28)/t21-/m0/s1. The Labute approximate surface area is 197 Å². The van der Waals surface area contributed by atoms with Crippen LogP contribution in [0.5, 0.6) is 5.75 Å². The Kier molecular flexibility index (Phi) is 7.66. The molecule has 0 bridgehead atoms. The molecule has 168 valence electrons. The number of amides is 1. The van der Waals surface area contributed by atoms with Gasteiger partial charge >= 0.3 is 0 Å². The molecule has 0 aliphatic carbocycles. The summed E-state index contributed by atoms with van der Waals surface area (Å²) in [6, 6.07) is 17.7. The molecule has 0 aliphatic heterocycles. The van der Waals surface area contributed by atoms with Gasteiger partial charge in [-0.2, -0.15) is 0 Å². The van der Waals surface area contributed by atoms with Gasteiger partial charge in [-0.1, -0.05) is 48.3 Å². The Hall–Kier alpha value is -2.74. The summed E-state index contributed by atoms with van der Waals surface area (Å²) in [5.74, 6) is 0.320. The van der Waals surface area contributed by atoms with Gasteiger partial charge in [-0.3, -0.25) is 9.52 Å². The number of anilines is 2. The number of para-hydroxylation sites is 1. The Morgan fingerprint density at radius 2 is 1.72 bits per heavy atom. The minimum atomic E-state index is -3.88. The molecule has 9 heteroatoms. The lowest BCUT2D eigenvalue weighted by Crippen LogP contribution is -2.32. The molecule has 3 rings (SSSR count). The lowest BCUT2D eigenvalue weighted by Gasteiger charge is -2.18. The van der Waals surface area contributed by atoms with Gasteiger partial charge in [0.05, 0.1) is 15.6 Å². The zero-order valence-corrected chi connectivity index (χ0v) is 19.8. The summed E-state index contributed by atoms with van der Waals surface area (Å²) < 4.78 is 33.6. The minimum Gasteiger partial charge on any atom is -0.480 e. The van der Waals surface area contributed by atoms with Gasteiger partial charge in [-0.15, -0.1) is 0 Å². The quantitative estimate of drug-likeness (QED) is 0.409. The van der Waals surface area contributed by atoms with Crippen molar-refractivity contribution in [2.75, 3.05) is 10.0 Å². The summed E-state index contributed by atoms with van der Waals surface area (Å²) in [5, 5.41) is 3.34. The second kappa shape index (κ2) is 10.3.